The summed E-state index contributed by atoms with van der Waals surface area (Å²) in [5, 5.41) is 12.2. The smallest absolute Gasteiger partial charge is 0.233 e. The van der Waals surface area contributed by atoms with E-state index in [1.165, 1.54) is 32.1 Å². The van der Waals surface area contributed by atoms with Crippen LogP contribution < -0.4 is 5.32 Å². The molecule has 0 aromatic heterocycles. The van der Waals surface area contributed by atoms with Gasteiger partial charge in [0.1, 0.15) is 5.60 Å². The third-order valence-corrected chi connectivity index (χ3v) is 8.77. The molecule has 5 rings (SSSR count). The quantitative estimate of drug-likeness (QED) is 0.243. The molecular formula is C21H34NO7S-. The highest BCUT2D eigenvalue weighted by Crippen LogP contribution is 2.59. The molecule has 2 N–H and O–H groups in total. The lowest BCUT2D eigenvalue weighted by atomic mass is 9.50. The van der Waals surface area contributed by atoms with E-state index in [0.29, 0.717) is 43.9 Å². The molecule has 4 bridgehead atoms. The first kappa shape index (κ1) is 22.6. The average Bonchev–Trinajstić information content (AvgIpc) is 2.71. The van der Waals surface area contributed by atoms with E-state index in [9.17, 15) is 18.8 Å². The lowest BCUT2D eigenvalue weighted by Crippen LogP contribution is -2.58. The van der Waals surface area contributed by atoms with Crippen molar-refractivity contribution in [1.29, 1.82) is 0 Å². The molecule has 30 heavy (non-hydrogen) atoms. The zero-order valence-electron chi connectivity index (χ0n) is 17.7. The second-order valence-electron chi connectivity index (χ2n) is 10.2. The molecule has 1 amide bonds. The monoisotopic (exact) mass is 444 g/mol. The van der Waals surface area contributed by atoms with Gasteiger partial charge in [-0.3, -0.25) is 9.00 Å². The van der Waals surface area contributed by atoms with Gasteiger partial charge in [0.2, 0.25) is 11.7 Å². The summed E-state index contributed by atoms with van der Waals surface area (Å²) in [5.41, 5.74) is -0.322. The van der Waals surface area contributed by atoms with Crippen molar-refractivity contribution < 1.29 is 33.5 Å². The first-order valence-corrected chi connectivity index (χ1v) is 12.6. The van der Waals surface area contributed by atoms with E-state index in [-0.39, 0.29) is 29.7 Å². The van der Waals surface area contributed by atoms with Gasteiger partial charge >= 0.3 is 0 Å². The Kier molecular flexibility index (Phi) is 6.87. The molecule has 172 valence electrons. The fourth-order valence-electron chi connectivity index (χ4n) is 6.54. The van der Waals surface area contributed by atoms with E-state index in [1.54, 1.807) is 0 Å². The Morgan fingerprint density at radius 2 is 1.70 bits per heavy atom. The summed E-state index contributed by atoms with van der Waals surface area (Å²) in [4.78, 5) is 28.7. The minimum absolute atomic E-state index is 0.0781. The van der Waals surface area contributed by atoms with Crippen LogP contribution in [-0.4, -0.2) is 43.6 Å². The molecule has 5 fully saturated rings. The van der Waals surface area contributed by atoms with Gasteiger partial charge in [-0.25, -0.2) is 15.0 Å². The maximum Gasteiger partial charge on any atom is 0.233 e. The van der Waals surface area contributed by atoms with Crippen LogP contribution in [0.5, 0.6) is 0 Å². The lowest BCUT2D eigenvalue weighted by molar-refractivity contribution is -0.537. The second kappa shape index (κ2) is 9.11. The van der Waals surface area contributed by atoms with Crippen molar-refractivity contribution in [2.75, 3.05) is 12.3 Å². The molecule has 0 aromatic carbocycles. The van der Waals surface area contributed by atoms with Gasteiger partial charge in [-0.1, -0.05) is 11.1 Å². The lowest BCUT2D eigenvalue weighted by Gasteiger charge is -2.59. The Bertz CT molecular complexity index is 621. The van der Waals surface area contributed by atoms with Crippen LogP contribution in [0.3, 0.4) is 0 Å². The largest absolute Gasteiger partial charge is 0.772 e. The van der Waals surface area contributed by atoms with Crippen molar-refractivity contribution >= 4 is 17.0 Å². The molecule has 0 heterocycles. The molecule has 0 radical (unpaired) electrons. The molecule has 1 atom stereocenters. The van der Waals surface area contributed by atoms with Gasteiger partial charge < -0.3 is 9.87 Å². The van der Waals surface area contributed by atoms with Crippen molar-refractivity contribution in [3.05, 3.63) is 0 Å². The zero-order valence-corrected chi connectivity index (χ0v) is 18.5. The van der Waals surface area contributed by atoms with Gasteiger partial charge in [-0.05, 0) is 81.5 Å². The summed E-state index contributed by atoms with van der Waals surface area (Å²) in [5.74, 6) is 1.42. The number of nitrogens with one attached hydrogen (secondary N) is 1. The van der Waals surface area contributed by atoms with E-state index in [0.717, 1.165) is 11.8 Å². The van der Waals surface area contributed by atoms with E-state index in [4.69, 9.17) is 14.7 Å². The Morgan fingerprint density at radius 1 is 1.10 bits per heavy atom. The van der Waals surface area contributed by atoms with Gasteiger partial charge in [0, 0.05) is 31.6 Å². The van der Waals surface area contributed by atoms with Crippen LogP contribution in [0.4, 0.5) is 0 Å². The number of rotatable bonds is 9. The molecule has 5 aliphatic carbocycles. The summed E-state index contributed by atoms with van der Waals surface area (Å²) >= 11 is -2.15. The Hall–Kier alpha value is -0.580. The molecule has 0 aliphatic heterocycles. The van der Waals surface area contributed by atoms with E-state index >= 15 is 0 Å². The van der Waals surface area contributed by atoms with Crippen molar-refractivity contribution in [3.8, 4) is 0 Å². The van der Waals surface area contributed by atoms with Crippen molar-refractivity contribution in [2.45, 2.75) is 82.5 Å². The van der Waals surface area contributed by atoms with E-state index < -0.39 is 16.9 Å². The van der Waals surface area contributed by atoms with Gasteiger partial charge in [0.15, 0.2) is 0 Å². The number of carbonyl (C=O) groups is 1. The summed E-state index contributed by atoms with van der Waals surface area (Å²) in [6.07, 6.45) is 8.75. The van der Waals surface area contributed by atoms with E-state index in [1.807, 2.05) is 0 Å². The molecule has 5 aliphatic rings. The zero-order chi connectivity index (χ0) is 21.4. The number of hydrogen-bond donors (Lipinski definition) is 2. The predicted molar refractivity (Wildman–Crippen MR) is 107 cm³/mol. The predicted octanol–water partition coefficient (Wildman–Crippen LogP) is 2.91. The molecule has 8 nitrogen and oxygen atoms in total. The molecule has 1 unspecified atom stereocenters. The summed E-state index contributed by atoms with van der Waals surface area (Å²) in [6, 6.07) is 0. The molecular weight excluding hydrogens is 410 g/mol. The van der Waals surface area contributed by atoms with Gasteiger partial charge in [-0.15, -0.1) is 0 Å². The normalized spacial score (nSPS) is 43.5. The van der Waals surface area contributed by atoms with Crippen LogP contribution in [0.15, 0.2) is 0 Å². The average molecular weight is 445 g/mol. The van der Waals surface area contributed by atoms with Crippen LogP contribution in [-0.2, 0) is 30.5 Å². The molecule has 0 spiro atoms. The molecule has 0 aromatic rings. The maximum atomic E-state index is 12.0. The topological polar surface area (TPSA) is 117 Å². The standard InChI is InChI=1S/C21H35NO7S/c1-20(17-9-15-8-16(11-17)12-18(20)10-15)28-29-21(27-24)4-2-14(3-5-21)13-19(23)22-6-7-30(25)26/h14-18,24H,2-13H2,1H3,(H,22,23)(H,25,26)/p-1. The van der Waals surface area contributed by atoms with Gasteiger partial charge in [-0.2, -0.15) is 4.89 Å². The first-order valence-electron chi connectivity index (χ1n) is 11.3. The van der Waals surface area contributed by atoms with Gasteiger partial charge in [0.25, 0.3) is 0 Å². The summed E-state index contributed by atoms with van der Waals surface area (Å²) in [6.45, 7) is 2.29. The maximum absolute atomic E-state index is 12.0. The van der Waals surface area contributed by atoms with Crippen molar-refractivity contribution in [3.63, 3.8) is 0 Å². The SMILES string of the molecule is CC1(OOC2(OO)CCC(CC(=O)NCCS(=O)[O-])CC2)C2CC3CC(C2)CC1C3. The van der Waals surface area contributed by atoms with Crippen LogP contribution in [0.1, 0.15) is 71.1 Å². The van der Waals surface area contributed by atoms with Crippen molar-refractivity contribution in [1.82, 2.24) is 5.32 Å². The Morgan fingerprint density at radius 3 is 2.23 bits per heavy atom. The molecule has 9 heteroatoms. The molecule has 0 saturated heterocycles. The number of carbonyl (C=O) groups excluding carboxylic acids is 1. The third kappa shape index (κ3) is 4.76. The van der Waals surface area contributed by atoms with Crippen LogP contribution in [0.25, 0.3) is 0 Å². The fourth-order valence-corrected chi connectivity index (χ4v) is 6.81. The highest BCUT2D eigenvalue weighted by atomic mass is 32.2. The second-order valence-corrected chi connectivity index (χ2v) is 11.2. The number of amides is 1. The Balaban J connectivity index is 1.25. The fraction of sp³-hybridized carbons (Fsp3) is 0.952. The van der Waals surface area contributed by atoms with Crippen molar-refractivity contribution in [2.24, 2.45) is 29.6 Å². The summed E-state index contributed by atoms with van der Waals surface area (Å²) < 4.78 is 21.1. The minimum Gasteiger partial charge on any atom is -0.772 e. The molecule has 5 saturated carbocycles. The highest BCUT2D eigenvalue weighted by Gasteiger charge is 2.57. The minimum atomic E-state index is -2.15. The first-order chi connectivity index (χ1) is 14.3. The van der Waals surface area contributed by atoms with Crippen LogP contribution in [0.2, 0.25) is 0 Å². The summed E-state index contributed by atoms with van der Waals surface area (Å²) in [7, 11) is 0. The van der Waals surface area contributed by atoms with Crippen LogP contribution >= 0.6 is 0 Å². The highest BCUT2D eigenvalue weighted by molar-refractivity contribution is 7.79. The van der Waals surface area contributed by atoms with E-state index in [2.05, 4.69) is 12.2 Å². The third-order valence-electron chi connectivity index (χ3n) is 8.23. The Labute approximate surface area is 180 Å². The van der Waals surface area contributed by atoms with Gasteiger partial charge in [0.05, 0.1) is 0 Å². The van der Waals surface area contributed by atoms with Crippen LogP contribution in [0, 0.1) is 29.6 Å². The number of hydrogen-bond acceptors (Lipinski definition) is 7.